The molecule has 2 aromatic rings. The molecule has 0 spiro atoms. The van der Waals surface area contributed by atoms with Crippen molar-refractivity contribution in [2.45, 2.75) is 19.6 Å². The number of esters is 1. The van der Waals surface area contributed by atoms with Crippen LogP contribution in [0.4, 0.5) is 9.18 Å². The lowest BCUT2D eigenvalue weighted by atomic mass is 10.2. The van der Waals surface area contributed by atoms with Gasteiger partial charge in [-0.3, -0.25) is 10.1 Å². The molecular weight excluding hydrogens is 355 g/mol. The van der Waals surface area contributed by atoms with Gasteiger partial charge in [-0.25, -0.2) is 14.0 Å². The number of benzene rings is 2. The molecule has 142 valence electrons. The van der Waals surface area contributed by atoms with E-state index >= 15 is 0 Å². The number of carbonyl (C=O) groups is 3. The minimum Gasteiger partial charge on any atom is -0.494 e. The zero-order chi connectivity index (χ0) is 19.8. The molecule has 0 unspecified atom stereocenters. The number of nitrogens with one attached hydrogen (secondary N) is 2. The van der Waals surface area contributed by atoms with E-state index in [1.165, 1.54) is 26.2 Å². The second kappa shape index (κ2) is 9.33. The van der Waals surface area contributed by atoms with Crippen LogP contribution >= 0.6 is 0 Å². The Morgan fingerprint density at radius 3 is 2.44 bits per heavy atom. The first-order valence-electron chi connectivity index (χ1n) is 8.08. The molecule has 0 saturated carbocycles. The van der Waals surface area contributed by atoms with Crippen LogP contribution in [0, 0.1) is 5.82 Å². The molecule has 0 saturated heterocycles. The molecular formula is C19H19FN2O5. The Kier molecular flexibility index (Phi) is 6.87. The number of amides is 3. The number of halogens is 1. The van der Waals surface area contributed by atoms with E-state index in [2.05, 4.69) is 10.6 Å². The summed E-state index contributed by atoms with van der Waals surface area (Å²) in [5, 5.41) is 4.59. The third kappa shape index (κ3) is 5.81. The van der Waals surface area contributed by atoms with Crippen molar-refractivity contribution >= 4 is 17.9 Å². The average molecular weight is 374 g/mol. The van der Waals surface area contributed by atoms with Crippen LogP contribution in [-0.4, -0.2) is 31.1 Å². The van der Waals surface area contributed by atoms with Gasteiger partial charge in [-0.2, -0.15) is 0 Å². The van der Waals surface area contributed by atoms with E-state index in [1.807, 2.05) is 30.3 Å². The van der Waals surface area contributed by atoms with Gasteiger partial charge in [0.15, 0.2) is 17.7 Å². The van der Waals surface area contributed by atoms with Gasteiger partial charge < -0.3 is 14.8 Å². The van der Waals surface area contributed by atoms with Crippen molar-refractivity contribution in [2.24, 2.45) is 0 Å². The maximum absolute atomic E-state index is 13.6. The van der Waals surface area contributed by atoms with Gasteiger partial charge in [0.1, 0.15) is 0 Å². The normalized spacial score (nSPS) is 11.2. The van der Waals surface area contributed by atoms with Crippen molar-refractivity contribution in [2.75, 3.05) is 7.11 Å². The lowest BCUT2D eigenvalue weighted by Crippen LogP contribution is -2.44. The van der Waals surface area contributed by atoms with Gasteiger partial charge >= 0.3 is 12.0 Å². The zero-order valence-electron chi connectivity index (χ0n) is 14.8. The van der Waals surface area contributed by atoms with E-state index in [9.17, 15) is 18.8 Å². The molecule has 0 fully saturated rings. The van der Waals surface area contributed by atoms with Crippen molar-refractivity contribution in [3.8, 4) is 5.75 Å². The van der Waals surface area contributed by atoms with Crippen molar-refractivity contribution < 1.29 is 28.2 Å². The highest BCUT2D eigenvalue weighted by Gasteiger charge is 2.21. The predicted octanol–water partition coefficient (Wildman–Crippen LogP) is 2.41. The van der Waals surface area contributed by atoms with Gasteiger partial charge in [-0.05, 0) is 30.7 Å². The molecule has 2 N–H and O–H groups in total. The predicted molar refractivity (Wildman–Crippen MR) is 94.6 cm³/mol. The van der Waals surface area contributed by atoms with E-state index in [1.54, 1.807) is 0 Å². The maximum atomic E-state index is 13.6. The Morgan fingerprint density at radius 1 is 1.11 bits per heavy atom. The van der Waals surface area contributed by atoms with Crippen LogP contribution < -0.4 is 15.4 Å². The minimum absolute atomic E-state index is 0.0209. The Bertz CT molecular complexity index is 826. The highest BCUT2D eigenvalue weighted by atomic mass is 19.1. The molecule has 7 nitrogen and oxygen atoms in total. The molecule has 2 aromatic carbocycles. The lowest BCUT2D eigenvalue weighted by molar-refractivity contribution is -0.127. The number of imide groups is 1. The third-order valence-electron chi connectivity index (χ3n) is 3.57. The second-order valence-electron chi connectivity index (χ2n) is 5.55. The van der Waals surface area contributed by atoms with Gasteiger partial charge in [0, 0.05) is 6.54 Å². The molecule has 8 heteroatoms. The topological polar surface area (TPSA) is 93.7 Å². The largest absolute Gasteiger partial charge is 0.494 e. The first-order valence-corrected chi connectivity index (χ1v) is 8.08. The van der Waals surface area contributed by atoms with E-state index in [4.69, 9.17) is 9.47 Å². The summed E-state index contributed by atoms with van der Waals surface area (Å²) in [5.41, 5.74) is 0.780. The summed E-state index contributed by atoms with van der Waals surface area (Å²) in [6, 6.07) is 11.9. The molecule has 27 heavy (non-hydrogen) atoms. The van der Waals surface area contributed by atoms with Crippen molar-refractivity contribution in [1.82, 2.24) is 10.6 Å². The first-order chi connectivity index (χ1) is 12.9. The Hall–Kier alpha value is -3.42. The molecule has 1 atom stereocenters. The highest BCUT2D eigenvalue weighted by Crippen LogP contribution is 2.18. The van der Waals surface area contributed by atoms with Gasteiger partial charge in [0.2, 0.25) is 0 Å². The Balaban J connectivity index is 1.84. The summed E-state index contributed by atoms with van der Waals surface area (Å²) in [6.07, 6.45) is -1.25. The minimum atomic E-state index is -1.25. The summed E-state index contributed by atoms with van der Waals surface area (Å²) in [5.74, 6) is -2.46. The average Bonchev–Trinajstić information content (AvgIpc) is 2.67. The molecule has 0 radical (unpaired) electrons. The molecule has 0 aliphatic rings. The van der Waals surface area contributed by atoms with Crippen LogP contribution in [0.3, 0.4) is 0 Å². The fourth-order valence-electron chi connectivity index (χ4n) is 2.11. The molecule has 3 amide bonds. The molecule has 0 heterocycles. The van der Waals surface area contributed by atoms with Gasteiger partial charge in [-0.1, -0.05) is 30.3 Å². The summed E-state index contributed by atoms with van der Waals surface area (Å²) >= 11 is 0. The van der Waals surface area contributed by atoms with Gasteiger partial charge in [-0.15, -0.1) is 0 Å². The quantitative estimate of drug-likeness (QED) is 0.758. The summed E-state index contributed by atoms with van der Waals surface area (Å²) < 4.78 is 23.4. The first kappa shape index (κ1) is 19.9. The molecule has 0 aliphatic carbocycles. The molecule has 0 aromatic heterocycles. The fraction of sp³-hybridized carbons (Fsp3) is 0.211. The number of hydrogen-bond donors (Lipinski definition) is 2. The van der Waals surface area contributed by atoms with Crippen molar-refractivity contribution in [3.05, 3.63) is 65.5 Å². The maximum Gasteiger partial charge on any atom is 0.339 e. The number of carbonyl (C=O) groups excluding carboxylic acids is 3. The van der Waals surface area contributed by atoms with E-state index < -0.39 is 29.8 Å². The van der Waals surface area contributed by atoms with Crippen LogP contribution in [0.2, 0.25) is 0 Å². The summed E-state index contributed by atoms with van der Waals surface area (Å²) in [7, 11) is 1.30. The van der Waals surface area contributed by atoms with Crippen LogP contribution in [0.25, 0.3) is 0 Å². The van der Waals surface area contributed by atoms with E-state index in [0.29, 0.717) is 0 Å². The molecule has 0 aliphatic heterocycles. The van der Waals surface area contributed by atoms with E-state index in [-0.39, 0.29) is 17.9 Å². The Labute approximate surface area is 155 Å². The summed E-state index contributed by atoms with van der Waals surface area (Å²) in [6.45, 7) is 1.54. The van der Waals surface area contributed by atoms with Crippen LogP contribution in [0.5, 0.6) is 5.75 Å². The van der Waals surface area contributed by atoms with Crippen LogP contribution in [0.15, 0.2) is 48.5 Å². The van der Waals surface area contributed by atoms with Crippen LogP contribution in [-0.2, 0) is 16.1 Å². The number of hydrogen-bond acceptors (Lipinski definition) is 5. The number of methoxy groups -OCH3 is 1. The smallest absolute Gasteiger partial charge is 0.339 e. The fourth-order valence-corrected chi connectivity index (χ4v) is 2.11. The SMILES string of the molecule is COc1ccc(C(=O)O[C@@H](C)C(=O)NC(=O)NCc2ccccc2)cc1F. The standard InChI is InChI=1S/C19H19FN2O5/c1-12(27-18(24)14-8-9-16(26-2)15(20)10-14)17(23)22-19(25)21-11-13-6-4-3-5-7-13/h3-10,12H,11H2,1-2H3,(H2,21,22,23,25)/t12-/m0/s1. The van der Waals surface area contributed by atoms with Gasteiger partial charge in [0.25, 0.3) is 5.91 Å². The van der Waals surface area contributed by atoms with Gasteiger partial charge in [0.05, 0.1) is 12.7 Å². The second-order valence-corrected chi connectivity index (χ2v) is 5.55. The van der Waals surface area contributed by atoms with Crippen molar-refractivity contribution in [1.29, 1.82) is 0 Å². The number of ether oxygens (including phenoxy) is 2. The highest BCUT2D eigenvalue weighted by molar-refractivity contribution is 5.98. The molecule has 0 bridgehead atoms. The number of rotatable bonds is 6. The third-order valence-corrected chi connectivity index (χ3v) is 3.57. The summed E-state index contributed by atoms with van der Waals surface area (Å²) in [4.78, 5) is 35.7. The lowest BCUT2D eigenvalue weighted by Gasteiger charge is -2.13. The monoisotopic (exact) mass is 374 g/mol. The Morgan fingerprint density at radius 2 is 1.81 bits per heavy atom. The van der Waals surface area contributed by atoms with Crippen LogP contribution in [0.1, 0.15) is 22.8 Å². The number of urea groups is 1. The zero-order valence-corrected chi connectivity index (χ0v) is 14.8. The van der Waals surface area contributed by atoms with Crippen molar-refractivity contribution in [3.63, 3.8) is 0 Å². The molecule has 2 rings (SSSR count). The van der Waals surface area contributed by atoms with E-state index in [0.717, 1.165) is 11.6 Å².